The summed E-state index contributed by atoms with van der Waals surface area (Å²) < 4.78 is 46.0. The maximum atomic E-state index is 13.6. The summed E-state index contributed by atoms with van der Waals surface area (Å²) in [5, 5.41) is 5.39. The van der Waals surface area contributed by atoms with E-state index in [1.54, 1.807) is 6.07 Å². The molecule has 0 spiro atoms. The lowest BCUT2D eigenvalue weighted by molar-refractivity contribution is -0.286. The average molecular weight is 496 g/mol. The first kappa shape index (κ1) is 20.5. The third kappa shape index (κ3) is 3.36. The van der Waals surface area contributed by atoms with Crippen LogP contribution in [0, 0.1) is 0 Å². The first-order chi connectivity index (χ1) is 15.8. The second-order valence-electron chi connectivity index (χ2n) is 7.83. The van der Waals surface area contributed by atoms with Crippen LogP contribution in [0.5, 0.6) is 11.5 Å². The van der Waals surface area contributed by atoms with E-state index >= 15 is 0 Å². The maximum Gasteiger partial charge on any atom is 0.586 e. The van der Waals surface area contributed by atoms with Crippen molar-refractivity contribution in [2.45, 2.75) is 25.8 Å². The predicted molar refractivity (Wildman–Crippen MR) is 116 cm³/mol. The molecular weight excluding hydrogens is 480 g/mol. The van der Waals surface area contributed by atoms with Gasteiger partial charge in [0.1, 0.15) is 5.52 Å². The van der Waals surface area contributed by atoms with E-state index in [9.17, 15) is 8.78 Å². The van der Waals surface area contributed by atoms with E-state index in [2.05, 4.69) is 50.0 Å². The summed E-state index contributed by atoms with van der Waals surface area (Å²) in [7, 11) is 0. The molecule has 0 bridgehead atoms. The number of anilines is 2. The standard InChI is InChI=1S/C18H16ClF2N9O2S/c1-8-6-29(16-14(19)26-33-27-16)5-4-28(8)7-11-23-15-9-2-3-10-13(32-18(20,21)31-10)12(9)24-17(22)30(15)25-11/h2-3,8H,4-7H2,1H3,(H2,22,24)/t8-/m1/s1. The van der Waals surface area contributed by atoms with E-state index < -0.39 is 6.29 Å². The van der Waals surface area contributed by atoms with Crippen molar-refractivity contribution in [3.63, 3.8) is 0 Å². The van der Waals surface area contributed by atoms with E-state index in [0.717, 1.165) is 31.4 Å². The number of halogens is 3. The monoisotopic (exact) mass is 495 g/mol. The van der Waals surface area contributed by atoms with Crippen molar-refractivity contribution in [3.05, 3.63) is 23.1 Å². The second-order valence-corrected chi connectivity index (χ2v) is 8.72. The highest BCUT2D eigenvalue weighted by Crippen LogP contribution is 2.45. The molecule has 2 aliphatic heterocycles. The van der Waals surface area contributed by atoms with Gasteiger partial charge in [0, 0.05) is 31.1 Å². The number of hydrogen-bond donors (Lipinski definition) is 1. The Morgan fingerprint density at radius 1 is 1.24 bits per heavy atom. The molecule has 1 atom stereocenters. The maximum absolute atomic E-state index is 13.6. The van der Waals surface area contributed by atoms with Crippen LogP contribution in [0.15, 0.2) is 12.1 Å². The SMILES string of the molecule is C[C@@H]1CN(c2nsnc2Cl)CCN1Cc1nc2c3ccc4c(c3nc(N)n2n1)OC(F)(F)O4. The lowest BCUT2D eigenvalue weighted by Gasteiger charge is -2.39. The molecule has 15 heteroatoms. The van der Waals surface area contributed by atoms with Crippen molar-refractivity contribution in [3.8, 4) is 11.5 Å². The molecule has 33 heavy (non-hydrogen) atoms. The molecule has 2 aliphatic rings. The third-order valence-electron chi connectivity index (χ3n) is 5.72. The van der Waals surface area contributed by atoms with Crippen molar-refractivity contribution in [1.82, 2.24) is 33.2 Å². The van der Waals surface area contributed by atoms with Crippen LogP contribution in [0.2, 0.25) is 5.15 Å². The Morgan fingerprint density at radius 2 is 2.09 bits per heavy atom. The van der Waals surface area contributed by atoms with Crippen LogP contribution in [-0.2, 0) is 6.54 Å². The van der Waals surface area contributed by atoms with Crippen LogP contribution in [-0.4, -0.2) is 65.2 Å². The fourth-order valence-electron chi connectivity index (χ4n) is 4.17. The quantitative estimate of drug-likeness (QED) is 0.453. The minimum absolute atomic E-state index is 0.00649. The van der Waals surface area contributed by atoms with Gasteiger partial charge in [-0.1, -0.05) is 11.6 Å². The van der Waals surface area contributed by atoms with Gasteiger partial charge < -0.3 is 20.1 Å². The van der Waals surface area contributed by atoms with Gasteiger partial charge in [-0.3, -0.25) is 4.90 Å². The van der Waals surface area contributed by atoms with Gasteiger partial charge in [-0.25, -0.2) is 9.97 Å². The number of nitrogens with zero attached hydrogens (tertiary/aromatic N) is 8. The number of piperazine rings is 1. The number of hydrogen-bond acceptors (Lipinski definition) is 11. The number of fused-ring (bicyclic) bond motifs is 5. The number of aromatic nitrogens is 6. The molecule has 1 saturated heterocycles. The molecule has 5 heterocycles. The molecule has 0 aliphatic carbocycles. The number of benzene rings is 1. The summed E-state index contributed by atoms with van der Waals surface area (Å²) in [6.07, 6.45) is -3.75. The van der Waals surface area contributed by atoms with E-state index in [1.165, 1.54) is 10.6 Å². The summed E-state index contributed by atoms with van der Waals surface area (Å²) in [5.74, 6) is 0.968. The zero-order valence-corrected chi connectivity index (χ0v) is 18.6. The highest BCUT2D eigenvalue weighted by atomic mass is 35.5. The smallest absolute Gasteiger partial charge is 0.395 e. The van der Waals surface area contributed by atoms with Crippen LogP contribution < -0.4 is 20.1 Å². The molecule has 11 nitrogen and oxygen atoms in total. The molecule has 0 saturated carbocycles. The van der Waals surface area contributed by atoms with Gasteiger partial charge >= 0.3 is 6.29 Å². The van der Waals surface area contributed by atoms with Crippen LogP contribution >= 0.6 is 23.3 Å². The van der Waals surface area contributed by atoms with Crippen LogP contribution in [0.25, 0.3) is 16.6 Å². The topological polar surface area (TPSA) is 120 Å². The van der Waals surface area contributed by atoms with Gasteiger partial charge in [-0.2, -0.15) is 13.3 Å². The molecule has 172 valence electrons. The zero-order valence-electron chi connectivity index (χ0n) is 17.1. The summed E-state index contributed by atoms with van der Waals surface area (Å²) >= 11 is 7.22. The number of rotatable bonds is 3. The Labute approximate surface area is 194 Å². The van der Waals surface area contributed by atoms with Crippen LogP contribution in [0.3, 0.4) is 0 Å². The van der Waals surface area contributed by atoms with Gasteiger partial charge in [0.05, 0.1) is 18.3 Å². The molecule has 6 rings (SSSR count). The molecule has 1 fully saturated rings. The Kier molecular flexibility index (Phi) is 4.47. The lowest BCUT2D eigenvalue weighted by atomic mass is 10.2. The summed E-state index contributed by atoms with van der Waals surface area (Å²) in [6.45, 7) is 4.77. The van der Waals surface area contributed by atoms with Crippen molar-refractivity contribution in [2.75, 3.05) is 30.3 Å². The Bertz CT molecular complexity index is 1400. The van der Waals surface area contributed by atoms with Crippen molar-refractivity contribution in [2.24, 2.45) is 0 Å². The molecular formula is C18H16ClF2N9O2S. The molecule has 0 amide bonds. The normalized spacial score (nSPS) is 20.2. The van der Waals surface area contributed by atoms with E-state index in [0.29, 0.717) is 34.4 Å². The van der Waals surface area contributed by atoms with E-state index in [-0.39, 0.29) is 29.0 Å². The molecule has 3 aromatic heterocycles. The Hall–Kier alpha value is -3.10. The minimum atomic E-state index is -3.75. The predicted octanol–water partition coefficient (Wildman–Crippen LogP) is 2.40. The summed E-state index contributed by atoms with van der Waals surface area (Å²) in [5.41, 5.74) is 6.61. The fourth-order valence-corrected chi connectivity index (χ4v) is 4.95. The fraction of sp³-hybridized carbons (Fsp3) is 0.389. The first-order valence-electron chi connectivity index (χ1n) is 10.00. The number of ether oxygens (including phenoxy) is 2. The van der Waals surface area contributed by atoms with Gasteiger partial charge in [-0.15, -0.1) is 13.9 Å². The van der Waals surface area contributed by atoms with Gasteiger partial charge in [-0.05, 0) is 19.1 Å². The van der Waals surface area contributed by atoms with E-state index in [1.807, 2.05) is 0 Å². The third-order valence-corrected chi connectivity index (χ3v) is 6.59. The highest BCUT2D eigenvalue weighted by molar-refractivity contribution is 6.99. The molecule has 1 aromatic carbocycles. The van der Waals surface area contributed by atoms with Crippen molar-refractivity contribution in [1.29, 1.82) is 0 Å². The first-order valence-corrected chi connectivity index (χ1v) is 11.1. The minimum Gasteiger partial charge on any atom is -0.395 e. The summed E-state index contributed by atoms with van der Waals surface area (Å²) in [4.78, 5) is 13.2. The molecule has 2 N–H and O–H groups in total. The summed E-state index contributed by atoms with van der Waals surface area (Å²) in [6, 6.07) is 3.16. The number of alkyl halides is 2. The van der Waals surface area contributed by atoms with Crippen molar-refractivity contribution >= 4 is 51.6 Å². The number of nitrogen functional groups attached to an aromatic ring is 1. The Morgan fingerprint density at radius 3 is 2.85 bits per heavy atom. The Balaban J connectivity index is 1.29. The second kappa shape index (κ2) is 7.20. The van der Waals surface area contributed by atoms with Crippen LogP contribution in [0.1, 0.15) is 12.7 Å². The van der Waals surface area contributed by atoms with Gasteiger partial charge in [0.2, 0.25) is 5.95 Å². The van der Waals surface area contributed by atoms with Gasteiger partial charge in [0.25, 0.3) is 0 Å². The lowest BCUT2D eigenvalue weighted by Crippen LogP contribution is -2.51. The molecule has 4 aromatic rings. The largest absolute Gasteiger partial charge is 0.586 e. The van der Waals surface area contributed by atoms with E-state index in [4.69, 9.17) is 17.3 Å². The van der Waals surface area contributed by atoms with Crippen LogP contribution in [0.4, 0.5) is 20.5 Å². The zero-order chi connectivity index (χ0) is 22.9. The molecule has 0 radical (unpaired) electrons. The van der Waals surface area contributed by atoms with Crippen molar-refractivity contribution < 1.29 is 18.3 Å². The molecule has 0 unspecified atom stereocenters. The average Bonchev–Trinajstić information content (AvgIpc) is 3.45. The van der Waals surface area contributed by atoms with Gasteiger partial charge in [0.15, 0.2) is 33.9 Å². The highest BCUT2D eigenvalue weighted by Gasteiger charge is 2.45. The number of nitrogens with two attached hydrogens (primary N) is 1.